The number of hydrogen-bond donors (Lipinski definition) is 0. The molecule has 2 atom stereocenters. The Kier molecular flexibility index (Phi) is 54.9. The molecule has 75 heavy (non-hydrogen) atoms. The standard InChI is InChI=1S/C66H119NO8/c1-6-8-10-12-14-16-18-20-21-22-23-24-25-26-27-28-29-30-31-32-33-34-35-36-37-38-39-40-41-42-43-45-47-49-51-53-55-57-64(69)75-62(61-74-66(65(70)71)72-59-58-67(3,4)5)60-73-63(68)56-54-52-50-48-46-44-19-17-15-13-11-9-7-2/h8,10,14,16,20-21,23-24,26-27,62,66H,6-7,9,11-13,15,17-19,22,25,28-61H2,1-5H3/b10-8-,16-14-,21-20-,24-23-,27-26-. The molecule has 0 saturated carbocycles. The number of quaternary nitrogens is 1. The van der Waals surface area contributed by atoms with E-state index in [4.69, 9.17) is 18.9 Å². The van der Waals surface area contributed by atoms with Gasteiger partial charge in [-0.3, -0.25) is 9.59 Å². The van der Waals surface area contributed by atoms with Crippen LogP contribution in [0.4, 0.5) is 0 Å². The number of carboxylic acids is 1. The van der Waals surface area contributed by atoms with E-state index >= 15 is 0 Å². The number of aliphatic carboxylic acids is 1. The van der Waals surface area contributed by atoms with Crippen molar-refractivity contribution >= 4 is 17.9 Å². The van der Waals surface area contributed by atoms with Gasteiger partial charge in [-0.05, 0) is 57.8 Å². The van der Waals surface area contributed by atoms with Crippen LogP contribution in [0.25, 0.3) is 0 Å². The lowest BCUT2D eigenvalue weighted by molar-refractivity contribution is -0.870. The first-order valence-electron chi connectivity index (χ1n) is 31.4. The number of carbonyl (C=O) groups is 3. The van der Waals surface area contributed by atoms with E-state index in [-0.39, 0.29) is 32.2 Å². The maximum atomic E-state index is 12.9. The molecule has 0 aromatic heterocycles. The van der Waals surface area contributed by atoms with Crippen LogP contribution < -0.4 is 5.11 Å². The molecule has 9 nitrogen and oxygen atoms in total. The number of allylic oxidation sites excluding steroid dienone is 10. The molecule has 0 heterocycles. The van der Waals surface area contributed by atoms with Crippen LogP contribution in [0.1, 0.15) is 284 Å². The number of likely N-dealkylation sites (N-methyl/N-ethyl adjacent to an activating group) is 1. The maximum Gasteiger partial charge on any atom is 0.306 e. The highest BCUT2D eigenvalue weighted by molar-refractivity contribution is 5.70. The fourth-order valence-corrected chi connectivity index (χ4v) is 8.98. The van der Waals surface area contributed by atoms with Crippen LogP contribution in [0.5, 0.6) is 0 Å². The van der Waals surface area contributed by atoms with Gasteiger partial charge in [0.25, 0.3) is 0 Å². The summed E-state index contributed by atoms with van der Waals surface area (Å²) in [5.74, 6) is -2.26. The van der Waals surface area contributed by atoms with Crippen LogP contribution >= 0.6 is 0 Å². The van der Waals surface area contributed by atoms with E-state index in [2.05, 4.69) is 74.6 Å². The van der Waals surface area contributed by atoms with E-state index in [0.717, 1.165) is 64.2 Å². The Morgan fingerprint density at radius 1 is 0.413 bits per heavy atom. The second kappa shape index (κ2) is 57.2. The number of esters is 2. The maximum absolute atomic E-state index is 12.9. The van der Waals surface area contributed by atoms with Crippen LogP contribution in [0.3, 0.4) is 0 Å². The molecular weight excluding hydrogens is 935 g/mol. The number of nitrogens with zero attached hydrogens (tertiary/aromatic N) is 1. The molecule has 0 amide bonds. The molecule has 0 spiro atoms. The predicted molar refractivity (Wildman–Crippen MR) is 315 cm³/mol. The highest BCUT2D eigenvalue weighted by atomic mass is 16.7. The van der Waals surface area contributed by atoms with Gasteiger partial charge in [-0.2, -0.15) is 0 Å². The number of rotatable bonds is 58. The van der Waals surface area contributed by atoms with E-state index in [1.807, 2.05) is 21.1 Å². The van der Waals surface area contributed by atoms with Gasteiger partial charge in [0.05, 0.1) is 40.3 Å². The van der Waals surface area contributed by atoms with E-state index in [0.29, 0.717) is 23.9 Å². The fraction of sp³-hybridized carbons (Fsp3) is 0.803. The van der Waals surface area contributed by atoms with E-state index in [1.54, 1.807) is 0 Å². The highest BCUT2D eigenvalue weighted by Gasteiger charge is 2.22. The van der Waals surface area contributed by atoms with Crippen LogP contribution in [0.2, 0.25) is 0 Å². The van der Waals surface area contributed by atoms with Gasteiger partial charge in [0.1, 0.15) is 13.2 Å². The zero-order valence-electron chi connectivity index (χ0n) is 49.7. The minimum atomic E-state index is -1.62. The number of hydrogen-bond acceptors (Lipinski definition) is 8. The molecule has 0 saturated heterocycles. The van der Waals surface area contributed by atoms with Crippen molar-refractivity contribution in [2.24, 2.45) is 0 Å². The van der Waals surface area contributed by atoms with Gasteiger partial charge >= 0.3 is 11.9 Å². The summed E-state index contributed by atoms with van der Waals surface area (Å²) in [6, 6.07) is 0. The first kappa shape index (κ1) is 72.0. The molecule has 0 aliphatic heterocycles. The van der Waals surface area contributed by atoms with Gasteiger partial charge in [-0.1, -0.05) is 274 Å². The van der Waals surface area contributed by atoms with E-state index < -0.39 is 24.3 Å². The third-order valence-electron chi connectivity index (χ3n) is 13.8. The summed E-state index contributed by atoms with van der Waals surface area (Å²) in [7, 11) is 5.93. The fourth-order valence-electron chi connectivity index (χ4n) is 8.98. The van der Waals surface area contributed by atoms with Gasteiger partial charge < -0.3 is 33.3 Å². The largest absolute Gasteiger partial charge is 0.545 e. The molecule has 0 aromatic carbocycles. The van der Waals surface area contributed by atoms with Gasteiger partial charge in [-0.15, -0.1) is 0 Å². The van der Waals surface area contributed by atoms with E-state index in [9.17, 15) is 19.5 Å². The molecule has 9 heteroatoms. The summed E-state index contributed by atoms with van der Waals surface area (Å²) in [5, 5.41) is 11.8. The summed E-state index contributed by atoms with van der Waals surface area (Å²) in [4.78, 5) is 37.2. The average molecular weight is 1050 g/mol. The monoisotopic (exact) mass is 1050 g/mol. The SMILES string of the molecule is CC/C=C\C/C=C\C/C=C\C/C=C\C/C=C\CCCCCCCCCCCCCCCCCCCCCCCC(=O)OC(COC(=O)CCCCCCCCCCCCCCC)COC(OCC[N+](C)(C)C)C(=O)[O-]. The molecule has 0 aliphatic carbocycles. The Morgan fingerprint density at radius 2 is 0.760 bits per heavy atom. The molecular formula is C66H119NO8. The van der Waals surface area contributed by atoms with Gasteiger partial charge in [0, 0.05) is 12.8 Å². The predicted octanol–water partition coefficient (Wildman–Crippen LogP) is 17.5. The zero-order valence-corrected chi connectivity index (χ0v) is 49.7. The first-order valence-corrected chi connectivity index (χ1v) is 31.4. The summed E-state index contributed by atoms with van der Waals surface area (Å²) < 4.78 is 22.7. The smallest absolute Gasteiger partial charge is 0.306 e. The second-order valence-corrected chi connectivity index (χ2v) is 22.3. The Labute approximate surface area is 463 Å². The summed E-state index contributed by atoms with van der Waals surface area (Å²) in [5.41, 5.74) is 0. The molecule has 2 unspecified atom stereocenters. The minimum absolute atomic E-state index is 0.150. The van der Waals surface area contributed by atoms with Crippen LogP contribution in [-0.2, 0) is 33.3 Å². The van der Waals surface area contributed by atoms with Crippen LogP contribution in [0.15, 0.2) is 60.8 Å². The Bertz CT molecular complexity index is 1410. The quantitative estimate of drug-likeness (QED) is 0.0195. The molecule has 0 bridgehead atoms. The summed E-state index contributed by atoms with van der Waals surface area (Å²) in [6.45, 7) is 4.66. The highest BCUT2D eigenvalue weighted by Crippen LogP contribution is 2.17. The Hall–Kier alpha value is -3.01. The van der Waals surface area contributed by atoms with Gasteiger partial charge in [0.2, 0.25) is 0 Å². The Morgan fingerprint density at radius 3 is 1.13 bits per heavy atom. The normalized spacial score (nSPS) is 13.1. The van der Waals surface area contributed by atoms with Crippen molar-refractivity contribution < 1.29 is 42.9 Å². The van der Waals surface area contributed by atoms with Gasteiger partial charge in [0.15, 0.2) is 12.4 Å². The number of carboxylic acid groups (broad SMARTS) is 1. The van der Waals surface area contributed by atoms with Crippen molar-refractivity contribution in [3.05, 3.63) is 60.8 Å². The third-order valence-corrected chi connectivity index (χ3v) is 13.8. The zero-order chi connectivity index (χ0) is 54.8. The molecule has 0 fully saturated rings. The molecule has 436 valence electrons. The molecule has 0 aliphatic rings. The van der Waals surface area contributed by atoms with Crippen molar-refractivity contribution in [1.82, 2.24) is 0 Å². The van der Waals surface area contributed by atoms with Crippen molar-refractivity contribution in [2.75, 3.05) is 47.5 Å². The third kappa shape index (κ3) is 58.5. The lowest BCUT2D eigenvalue weighted by Crippen LogP contribution is -2.44. The lowest BCUT2D eigenvalue weighted by atomic mass is 10.0. The van der Waals surface area contributed by atoms with E-state index in [1.165, 1.54) is 186 Å². The van der Waals surface area contributed by atoms with Gasteiger partial charge in [-0.25, -0.2) is 0 Å². The van der Waals surface area contributed by atoms with Crippen molar-refractivity contribution in [2.45, 2.75) is 296 Å². The van der Waals surface area contributed by atoms with Crippen molar-refractivity contribution in [3.8, 4) is 0 Å². The van der Waals surface area contributed by atoms with Crippen LogP contribution in [-0.4, -0.2) is 82.3 Å². The Balaban J connectivity index is 3.99. The van der Waals surface area contributed by atoms with Crippen molar-refractivity contribution in [3.63, 3.8) is 0 Å². The summed E-state index contributed by atoms with van der Waals surface area (Å²) >= 11 is 0. The molecule has 0 N–H and O–H groups in total. The average Bonchev–Trinajstić information content (AvgIpc) is 3.38. The number of ether oxygens (including phenoxy) is 4. The van der Waals surface area contributed by atoms with Crippen molar-refractivity contribution in [1.29, 1.82) is 0 Å². The summed E-state index contributed by atoms with van der Waals surface area (Å²) in [6.07, 6.45) is 70.1. The van der Waals surface area contributed by atoms with Crippen LogP contribution in [0, 0.1) is 0 Å². The minimum Gasteiger partial charge on any atom is -0.545 e. The first-order chi connectivity index (χ1) is 36.6. The molecule has 0 radical (unpaired) electrons. The molecule has 0 aromatic rings. The topological polar surface area (TPSA) is 111 Å². The number of unbranched alkanes of at least 4 members (excludes halogenated alkanes) is 33. The number of carbonyl (C=O) groups excluding carboxylic acids is 3. The second-order valence-electron chi connectivity index (χ2n) is 22.3. The lowest BCUT2D eigenvalue weighted by Gasteiger charge is -2.26. The molecule has 0 rings (SSSR count).